The number of piperidine rings is 1. The summed E-state index contributed by atoms with van der Waals surface area (Å²) in [5.74, 6) is -0.101. The summed E-state index contributed by atoms with van der Waals surface area (Å²) < 4.78 is 5.00. The van der Waals surface area contributed by atoms with Gasteiger partial charge in [0.15, 0.2) is 0 Å². The van der Waals surface area contributed by atoms with Gasteiger partial charge in [-0.1, -0.05) is 32.0 Å². The van der Waals surface area contributed by atoms with Crippen molar-refractivity contribution in [2.24, 2.45) is 0 Å². The van der Waals surface area contributed by atoms with Gasteiger partial charge in [0, 0.05) is 18.8 Å². The second-order valence-corrected chi connectivity index (χ2v) is 6.04. The third kappa shape index (κ3) is 4.12. The number of nitrogens with one attached hydrogen (secondary N) is 1. The summed E-state index contributed by atoms with van der Waals surface area (Å²) in [7, 11) is 0. The van der Waals surface area contributed by atoms with E-state index in [1.54, 1.807) is 0 Å². The van der Waals surface area contributed by atoms with Crippen LogP contribution in [0.1, 0.15) is 33.6 Å². The largest absolute Gasteiger partial charge is 0.465 e. The zero-order chi connectivity index (χ0) is 18.3. The van der Waals surface area contributed by atoms with Crippen molar-refractivity contribution in [1.29, 1.82) is 0 Å². The normalized spacial score (nSPS) is 19.2. The lowest BCUT2D eigenvalue weighted by molar-refractivity contribution is -0.144. The second-order valence-electron chi connectivity index (χ2n) is 6.04. The maximum atomic E-state index is 12.5. The van der Waals surface area contributed by atoms with Gasteiger partial charge < -0.3 is 15.0 Å². The van der Waals surface area contributed by atoms with Crippen LogP contribution < -0.4 is 10.2 Å². The van der Waals surface area contributed by atoms with Crippen molar-refractivity contribution in [3.8, 4) is 0 Å². The quantitative estimate of drug-likeness (QED) is 0.844. The Morgan fingerprint density at radius 1 is 1.20 bits per heavy atom. The topological polar surface area (TPSA) is 61.9 Å². The first-order valence-corrected chi connectivity index (χ1v) is 9.15. The molecule has 25 heavy (non-hydrogen) atoms. The van der Waals surface area contributed by atoms with Crippen LogP contribution in [0, 0.1) is 0 Å². The zero-order valence-corrected chi connectivity index (χ0v) is 15.5. The molecule has 0 radical (unpaired) electrons. The van der Waals surface area contributed by atoms with Crippen LogP contribution in [0.2, 0.25) is 0 Å². The summed E-state index contributed by atoms with van der Waals surface area (Å²) in [5, 5.41) is 2.98. The molecule has 2 aliphatic rings. The number of hydrogen-bond donors (Lipinski definition) is 1. The fourth-order valence-corrected chi connectivity index (χ4v) is 3.50. The third-order valence-electron chi connectivity index (χ3n) is 4.75. The van der Waals surface area contributed by atoms with Gasteiger partial charge in [0.2, 0.25) is 5.91 Å². The summed E-state index contributed by atoms with van der Waals surface area (Å²) in [4.78, 5) is 28.4. The van der Waals surface area contributed by atoms with Crippen molar-refractivity contribution >= 4 is 17.6 Å². The molecular formula is C19H29N3O3. The number of hydrogen-bond acceptors (Lipinski definition) is 5. The Morgan fingerprint density at radius 2 is 1.84 bits per heavy atom. The molecule has 2 fully saturated rings. The SMILES string of the molecule is CC.CCOC(=O)CN1CCC2(CC1)C(=O)NCN2c1ccccc1. The number of esters is 1. The van der Waals surface area contributed by atoms with Gasteiger partial charge in [-0.25, -0.2) is 0 Å². The highest BCUT2D eigenvalue weighted by molar-refractivity contribution is 5.93. The number of anilines is 1. The summed E-state index contributed by atoms with van der Waals surface area (Å²) in [5.41, 5.74) is 0.566. The number of carbonyl (C=O) groups is 2. The molecule has 6 nitrogen and oxygen atoms in total. The van der Waals surface area contributed by atoms with Crippen LogP contribution in [0.15, 0.2) is 30.3 Å². The lowest BCUT2D eigenvalue weighted by Gasteiger charge is -2.43. The predicted molar refractivity (Wildman–Crippen MR) is 98.3 cm³/mol. The molecule has 2 saturated heterocycles. The molecule has 1 aromatic rings. The van der Waals surface area contributed by atoms with Crippen LogP contribution in [0.4, 0.5) is 5.69 Å². The fraction of sp³-hybridized carbons (Fsp3) is 0.579. The highest BCUT2D eigenvalue weighted by Gasteiger charge is 2.50. The lowest BCUT2D eigenvalue weighted by atomic mass is 9.85. The van der Waals surface area contributed by atoms with Gasteiger partial charge in [-0.05, 0) is 31.9 Å². The molecule has 1 amide bonds. The Balaban J connectivity index is 0.00000109. The molecule has 138 valence electrons. The van der Waals surface area contributed by atoms with Gasteiger partial charge in [-0.3, -0.25) is 14.5 Å². The van der Waals surface area contributed by atoms with E-state index in [9.17, 15) is 9.59 Å². The molecule has 0 bridgehead atoms. The molecule has 0 aliphatic carbocycles. The molecule has 0 saturated carbocycles. The average molecular weight is 347 g/mol. The molecule has 1 spiro atoms. The molecule has 0 atom stereocenters. The second kappa shape index (κ2) is 8.85. The van der Waals surface area contributed by atoms with Gasteiger partial charge in [0.05, 0.1) is 19.8 Å². The van der Waals surface area contributed by atoms with E-state index in [0.29, 0.717) is 32.7 Å². The fourth-order valence-electron chi connectivity index (χ4n) is 3.50. The first-order valence-electron chi connectivity index (χ1n) is 9.15. The Kier molecular flexibility index (Phi) is 6.82. The van der Waals surface area contributed by atoms with E-state index in [1.165, 1.54) is 0 Å². The number of likely N-dealkylation sites (tertiary alicyclic amines) is 1. The van der Waals surface area contributed by atoms with Crippen LogP contribution >= 0.6 is 0 Å². The van der Waals surface area contributed by atoms with Crippen molar-refractivity contribution in [2.45, 2.75) is 39.2 Å². The van der Waals surface area contributed by atoms with Gasteiger partial charge >= 0.3 is 5.97 Å². The van der Waals surface area contributed by atoms with E-state index in [2.05, 4.69) is 15.1 Å². The van der Waals surface area contributed by atoms with Crippen molar-refractivity contribution < 1.29 is 14.3 Å². The first kappa shape index (κ1) is 19.2. The maximum absolute atomic E-state index is 12.5. The molecule has 6 heteroatoms. The van der Waals surface area contributed by atoms with E-state index in [1.807, 2.05) is 51.1 Å². The Labute approximate surface area is 150 Å². The minimum Gasteiger partial charge on any atom is -0.465 e. The van der Waals surface area contributed by atoms with E-state index < -0.39 is 5.54 Å². The summed E-state index contributed by atoms with van der Waals surface area (Å²) >= 11 is 0. The Morgan fingerprint density at radius 3 is 2.44 bits per heavy atom. The molecule has 0 aromatic heterocycles. The lowest BCUT2D eigenvalue weighted by Crippen LogP contribution is -2.57. The number of para-hydroxylation sites is 1. The molecule has 1 N–H and O–H groups in total. The molecule has 2 aliphatic heterocycles. The van der Waals surface area contributed by atoms with E-state index in [4.69, 9.17) is 4.74 Å². The van der Waals surface area contributed by atoms with Gasteiger partial charge in [0.1, 0.15) is 5.54 Å². The number of rotatable bonds is 4. The van der Waals surface area contributed by atoms with Crippen molar-refractivity contribution in [3.05, 3.63) is 30.3 Å². The minimum absolute atomic E-state index is 0.0946. The number of benzene rings is 1. The standard InChI is InChI=1S/C17H23N3O3.C2H6/c1-2-23-15(21)12-19-10-8-17(9-11-19)16(22)18-13-20(17)14-6-4-3-5-7-14;1-2/h3-7H,2,8-13H2,1H3,(H,18,22);1-2H3. The Hall–Kier alpha value is -2.08. The average Bonchev–Trinajstić information content (AvgIpc) is 2.96. The highest BCUT2D eigenvalue weighted by atomic mass is 16.5. The van der Waals surface area contributed by atoms with Crippen LogP contribution in [0.25, 0.3) is 0 Å². The van der Waals surface area contributed by atoms with Crippen LogP contribution in [-0.4, -0.2) is 55.2 Å². The van der Waals surface area contributed by atoms with E-state index in [-0.39, 0.29) is 11.9 Å². The van der Waals surface area contributed by atoms with Crippen LogP contribution in [-0.2, 0) is 14.3 Å². The van der Waals surface area contributed by atoms with E-state index >= 15 is 0 Å². The first-order chi connectivity index (χ1) is 12.2. The van der Waals surface area contributed by atoms with Gasteiger partial charge in [-0.2, -0.15) is 0 Å². The van der Waals surface area contributed by atoms with Crippen LogP contribution in [0.3, 0.4) is 0 Å². The minimum atomic E-state index is -0.494. The smallest absolute Gasteiger partial charge is 0.320 e. The van der Waals surface area contributed by atoms with Gasteiger partial charge in [0.25, 0.3) is 0 Å². The third-order valence-corrected chi connectivity index (χ3v) is 4.75. The number of nitrogens with zero attached hydrogens (tertiary/aromatic N) is 2. The molecule has 2 heterocycles. The molecule has 1 aromatic carbocycles. The van der Waals surface area contributed by atoms with Gasteiger partial charge in [-0.15, -0.1) is 0 Å². The maximum Gasteiger partial charge on any atom is 0.320 e. The summed E-state index contributed by atoms with van der Waals surface area (Å²) in [6.07, 6.45) is 1.43. The van der Waals surface area contributed by atoms with E-state index in [0.717, 1.165) is 18.8 Å². The van der Waals surface area contributed by atoms with Crippen LogP contribution in [0.5, 0.6) is 0 Å². The monoisotopic (exact) mass is 347 g/mol. The predicted octanol–water partition coefficient (Wildman–Crippen LogP) is 2.00. The van der Waals surface area contributed by atoms with Crippen molar-refractivity contribution in [3.63, 3.8) is 0 Å². The summed E-state index contributed by atoms with van der Waals surface area (Å²) in [6, 6.07) is 10.0. The molecule has 3 rings (SSSR count). The molecule has 0 unspecified atom stereocenters. The highest BCUT2D eigenvalue weighted by Crippen LogP contribution is 2.35. The number of amides is 1. The number of carbonyl (C=O) groups excluding carboxylic acids is 2. The zero-order valence-electron chi connectivity index (χ0n) is 15.5. The molecular weight excluding hydrogens is 318 g/mol. The number of ether oxygens (including phenoxy) is 1. The Bertz CT molecular complexity index is 569. The van der Waals surface area contributed by atoms with Crippen molar-refractivity contribution in [2.75, 3.05) is 37.8 Å². The summed E-state index contributed by atoms with van der Waals surface area (Å²) in [6.45, 7) is 8.49. The van der Waals surface area contributed by atoms with Crippen molar-refractivity contribution in [1.82, 2.24) is 10.2 Å².